The first kappa shape index (κ1) is 13.9. The van der Waals surface area contributed by atoms with Gasteiger partial charge in [-0.05, 0) is 31.9 Å². The Morgan fingerprint density at radius 2 is 2.19 bits per heavy atom. The van der Waals surface area contributed by atoms with Crippen molar-refractivity contribution in [2.24, 2.45) is 0 Å². The summed E-state index contributed by atoms with van der Waals surface area (Å²) in [5.74, 6) is 0.968. The number of carbonyl (C=O) groups is 1. The van der Waals surface area contributed by atoms with Gasteiger partial charge in [0, 0.05) is 0 Å². The van der Waals surface area contributed by atoms with E-state index >= 15 is 0 Å². The minimum Gasteiger partial charge on any atom is -0.465 e. The lowest BCUT2D eigenvalue weighted by molar-refractivity contribution is -0.152. The predicted molar refractivity (Wildman–Crippen MR) is 73.4 cm³/mol. The Morgan fingerprint density at radius 1 is 1.38 bits per heavy atom. The van der Waals surface area contributed by atoms with E-state index in [4.69, 9.17) is 13.7 Å². The fraction of sp³-hybridized carbons (Fsp3) is 0.533. The molecule has 21 heavy (non-hydrogen) atoms. The van der Waals surface area contributed by atoms with Gasteiger partial charge in [0.1, 0.15) is 5.41 Å². The van der Waals surface area contributed by atoms with Gasteiger partial charge in [0.05, 0.1) is 12.9 Å². The maximum absolute atomic E-state index is 12.4. The van der Waals surface area contributed by atoms with Gasteiger partial charge in [0.2, 0.25) is 11.7 Å². The van der Waals surface area contributed by atoms with E-state index in [1.54, 1.807) is 25.3 Å². The Morgan fingerprint density at radius 3 is 2.86 bits per heavy atom. The van der Waals surface area contributed by atoms with Crippen LogP contribution < -0.4 is 0 Å². The fourth-order valence-corrected chi connectivity index (χ4v) is 2.85. The first-order chi connectivity index (χ1) is 10.3. The fourth-order valence-electron chi connectivity index (χ4n) is 2.85. The molecule has 3 rings (SSSR count). The molecular weight excluding hydrogens is 272 g/mol. The van der Waals surface area contributed by atoms with E-state index in [2.05, 4.69) is 10.1 Å². The van der Waals surface area contributed by atoms with Crippen LogP contribution in [0.3, 0.4) is 0 Å². The summed E-state index contributed by atoms with van der Waals surface area (Å²) >= 11 is 0. The van der Waals surface area contributed by atoms with Crippen molar-refractivity contribution < 1.29 is 18.5 Å². The topological polar surface area (TPSA) is 78.4 Å². The van der Waals surface area contributed by atoms with E-state index in [1.165, 1.54) is 0 Å². The van der Waals surface area contributed by atoms with E-state index in [1.807, 2.05) is 0 Å². The molecule has 0 aliphatic heterocycles. The maximum Gasteiger partial charge on any atom is 0.321 e. The van der Waals surface area contributed by atoms with E-state index < -0.39 is 5.41 Å². The molecule has 1 saturated carbocycles. The molecule has 0 N–H and O–H groups in total. The Labute approximate surface area is 122 Å². The highest BCUT2D eigenvalue weighted by Crippen LogP contribution is 2.40. The number of hydrogen-bond acceptors (Lipinski definition) is 6. The minimum absolute atomic E-state index is 0.264. The van der Waals surface area contributed by atoms with Gasteiger partial charge in [-0.2, -0.15) is 4.98 Å². The average molecular weight is 290 g/mol. The van der Waals surface area contributed by atoms with Crippen LogP contribution in [-0.2, 0) is 14.9 Å². The molecule has 1 aliphatic rings. The van der Waals surface area contributed by atoms with Crippen LogP contribution in [-0.4, -0.2) is 22.7 Å². The van der Waals surface area contributed by atoms with E-state index in [9.17, 15) is 4.79 Å². The third-order valence-electron chi connectivity index (χ3n) is 3.95. The monoisotopic (exact) mass is 290 g/mol. The minimum atomic E-state index is -0.800. The van der Waals surface area contributed by atoms with E-state index in [-0.39, 0.29) is 5.97 Å². The molecule has 0 unspecified atom stereocenters. The molecule has 0 atom stereocenters. The number of rotatable bonds is 4. The van der Waals surface area contributed by atoms with E-state index in [0.29, 0.717) is 36.9 Å². The zero-order valence-corrected chi connectivity index (χ0v) is 12.0. The van der Waals surface area contributed by atoms with Crippen LogP contribution in [0.25, 0.3) is 11.6 Å². The molecule has 6 nitrogen and oxygen atoms in total. The molecule has 0 spiro atoms. The van der Waals surface area contributed by atoms with E-state index in [0.717, 1.165) is 19.3 Å². The van der Waals surface area contributed by atoms with Crippen molar-refractivity contribution in [2.45, 2.75) is 44.4 Å². The van der Waals surface area contributed by atoms with Gasteiger partial charge in [0.15, 0.2) is 5.76 Å². The van der Waals surface area contributed by atoms with Gasteiger partial charge in [0.25, 0.3) is 0 Å². The standard InChI is InChI=1S/C15H18N2O4/c1-2-19-14(18)15(8-4-3-5-9-15)13-16-12(17-21-13)11-7-6-10-20-11/h6-7,10H,2-5,8-9H2,1H3. The second-order valence-corrected chi connectivity index (χ2v) is 5.26. The van der Waals surface area contributed by atoms with Crippen molar-refractivity contribution in [1.29, 1.82) is 0 Å². The second-order valence-electron chi connectivity index (χ2n) is 5.26. The van der Waals surface area contributed by atoms with Crippen LogP contribution in [0.15, 0.2) is 27.3 Å². The van der Waals surface area contributed by atoms with Crippen LogP contribution in [0.5, 0.6) is 0 Å². The Bertz CT molecular complexity index is 597. The lowest BCUT2D eigenvalue weighted by atomic mass is 9.74. The number of ether oxygens (including phenoxy) is 1. The number of esters is 1. The highest BCUT2D eigenvalue weighted by molar-refractivity contribution is 5.82. The summed E-state index contributed by atoms with van der Waals surface area (Å²) in [6, 6.07) is 3.51. The van der Waals surface area contributed by atoms with Crippen LogP contribution in [0.1, 0.15) is 44.9 Å². The zero-order chi connectivity index (χ0) is 14.7. The Hall–Kier alpha value is -2.11. The van der Waals surface area contributed by atoms with Crippen molar-refractivity contribution in [3.8, 4) is 11.6 Å². The molecule has 1 fully saturated rings. The van der Waals surface area contributed by atoms with Crippen molar-refractivity contribution in [1.82, 2.24) is 10.1 Å². The van der Waals surface area contributed by atoms with Crippen molar-refractivity contribution in [3.63, 3.8) is 0 Å². The van der Waals surface area contributed by atoms with Gasteiger partial charge in [-0.1, -0.05) is 24.4 Å². The molecule has 0 radical (unpaired) electrons. The number of furan rings is 1. The van der Waals surface area contributed by atoms with Crippen LogP contribution >= 0.6 is 0 Å². The van der Waals surface area contributed by atoms with Crippen LogP contribution in [0.2, 0.25) is 0 Å². The molecule has 1 aliphatic carbocycles. The SMILES string of the molecule is CCOC(=O)C1(c2nc(-c3ccco3)no2)CCCCC1. The molecule has 6 heteroatoms. The third-order valence-corrected chi connectivity index (χ3v) is 3.95. The summed E-state index contributed by atoms with van der Waals surface area (Å²) in [5.41, 5.74) is -0.800. The molecule has 112 valence electrons. The highest BCUT2D eigenvalue weighted by atomic mass is 16.5. The Balaban J connectivity index is 1.95. The van der Waals surface area contributed by atoms with Crippen LogP contribution in [0, 0.1) is 0 Å². The van der Waals surface area contributed by atoms with Gasteiger partial charge >= 0.3 is 5.97 Å². The smallest absolute Gasteiger partial charge is 0.321 e. The summed E-state index contributed by atoms with van der Waals surface area (Å²) in [6.07, 6.45) is 5.94. The quantitative estimate of drug-likeness (QED) is 0.805. The molecule has 0 aromatic carbocycles. The summed E-state index contributed by atoms with van der Waals surface area (Å²) in [4.78, 5) is 16.8. The first-order valence-electron chi connectivity index (χ1n) is 7.31. The number of nitrogens with zero attached hydrogens (tertiary/aromatic N) is 2. The molecule has 0 saturated heterocycles. The first-order valence-corrected chi connectivity index (χ1v) is 7.31. The molecule has 0 amide bonds. The van der Waals surface area contributed by atoms with Crippen LogP contribution in [0.4, 0.5) is 0 Å². The lowest BCUT2D eigenvalue weighted by Crippen LogP contribution is -2.39. The van der Waals surface area contributed by atoms with Crippen molar-refractivity contribution in [3.05, 3.63) is 24.3 Å². The third kappa shape index (κ3) is 2.46. The Kier molecular flexibility index (Phi) is 3.77. The summed E-state index contributed by atoms with van der Waals surface area (Å²) < 4.78 is 15.9. The largest absolute Gasteiger partial charge is 0.465 e. The summed E-state index contributed by atoms with van der Waals surface area (Å²) in [7, 11) is 0. The molecule has 0 bridgehead atoms. The highest BCUT2D eigenvalue weighted by Gasteiger charge is 2.47. The molecular formula is C15H18N2O4. The normalized spacial score (nSPS) is 17.6. The summed E-state index contributed by atoms with van der Waals surface area (Å²) in [5, 5.41) is 3.93. The average Bonchev–Trinajstić information content (AvgIpc) is 3.19. The maximum atomic E-state index is 12.4. The molecule has 2 aromatic rings. The zero-order valence-electron chi connectivity index (χ0n) is 12.0. The van der Waals surface area contributed by atoms with Crippen molar-refractivity contribution >= 4 is 5.97 Å². The van der Waals surface area contributed by atoms with Gasteiger partial charge < -0.3 is 13.7 Å². The van der Waals surface area contributed by atoms with Crippen molar-refractivity contribution in [2.75, 3.05) is 6.61 Å². The number of aromatic nitrogens is 2. The molecule has 2 aromatic heterocycles. The van der Waals surface area contributed by atoms with Gasteiger partial charge in [-0.15, -0.1) is 0 Å². The second kappa shape index (κ2) is 5.71. The molecule has 2 heterocycles. The number of carbonyl (C=O) groups excluding carboxylic acids is 1. The lowest BCUT2D eigenvalue weighted by Gasteiger charge is -2.31. The van der Waals surface area contributed by atoms with Gasteiger partial charge in [-0.3, -0.25) is 4.79 Å². The van der Waals surface area contributed by atoms with Gasteiger partial charge in [-0.25, -0.2) is 0 Å². The predicted octanol–water partition coefficient (Wildman–Crippen LogP) is 3.09. The summed E-state index contributed by atoms with van der Waals surface area (Å²) in [6.45, 7) is 2.15. The number of hydrogen-bond donors (Lipinski definition) is 0.